The molecule has 0 unspecified atom stereocenters. The molecule has 3 nitrogen and oxygen atoms in total. The lowest BCUT2D eigenvalue weighted by Gasteiger charge is -2.21. The number of hydrogen-bond acceptors (Lipinski definition) is 3. The molecule has 0 amide bonds. The molecule has 0 atom stereocenters. The van der Waals surface area contributed by atoms with Crippen molar-refractivity contribution in [2.24, 2.45) is 0 Å². The molecule has 0 saturated carbocycles. The van der Waals surface area contributed by atoms with E-state index in [0.29, 0.717) is 10.8 Å². The zero-order chi connectivity index (χ0) is 13.0. The Morgan fingerprint density at radius 2 is 2.17 bits per heavy atom. The molecule has 1 N–H and O–H groups in total. The van der Waals surface area contributed by atoms with E-state index in [4.69, 9.17) is 9.84 Å². The van der Waals surface area contributed by atoms with Crippen LogP contribution in [0.5, 0.6) is 0 Å². The zero-order valence-corrected chi connectivity index (χ0v) is 12.3. The van der Waals surface area contributed by atoms with Gasteiger partial charge in [0, 0.05) is 28.7 Å². The topological polar surface area (TPSA) is 46.5 Å². The number of carbonyl (C=O) groups is 1. The molecule has 1 heterocycles. The van der Waals surface area contributed by atoms with Gasteiger partial charge >= 0.3 is 5.97 Å². The van der Waals surface area contributed by atoms with E-state index in [1.165, 1.54) is 0 Å². The van der Waals surface area contributed by atoms with Gasteiger partial charge in [-0.3, -0.25) is 0 Å². The Balaban J connectivity index is 1.94. The Labute approximate surface area is 119 Å². The predicted octanol–water partition coefficient (Wildman–Crippen LogP) is 3.56. The fourth-order valence-electron chi connectivity index (χ4n) is 1.85. The summed E-state index contributed by atoms with van der Waals surface area (Å²) >= 11 is 5.36. The summed E-state index contributed by atoms with van der Waals surface area (Å²) in [5.74, 6) is 0.0184. The molecule has 0 radical (unpaired) electrons. The second kappa shape index (κ2) is 6.59. The van der Waals surface area contributed by atoms with E-state index in [2.05, 4.69) is 15.9 Å². The summed E-state index contributed by atoms with van der Waals surface area (Å²) in [6.45, 7) is 1.72. The van der Waals surface area contributed by atoms with Gasteiger partial charge in [0.05, 0.1) is 5.56 Å². The zero-order valence-electron chi connectivity index (χ0n) is 9.89. The van der Waals surface area contributed by atoms with Gasteiger partial charge in [-0.25, -0.2) is 4.79 Å². The molecule has 98 valence electrons. The number of hydrogen-bond donors (Lipinski definition) is 1. The number of rotatable bonds is 4. The van der Waals surface area contributed by atoms with Crippen LogP contribution in [0.2, 0.25) is 0 Å². The molecule has 1 aliphatic rings. The third-order valence-electron chi connectivity index (χ3n) is 2.94. The highest BCUT2D eigenvalue weighted by molar-refractivity contribution is 9.10. The van der Waals surface area contributed by atoms with E-state index in [1.54, 1.807) is 12.1 Å². The highest BCUT2D eigenvalue weighted by atomic mass is 79.9. The molecule has 0 aliphatic carbocycles. The minimum absolute atomic E-state index is 0.321. The first-order valence-electron chi connectivity index (χ1n) is 5.88. The number of halogens is 1. The monoisotopic (exact) mass is 330 g/mol. The van der Waals surface area contributed by atoms with Gasteiger partial charge in [-0.05, 0) is 30.5 Å². The van der Waals surface area contributed by atoms with Crippen molar-refractivity contribution in [3.63, 3.8) is 0 Å². The number of benzene rings is 1. The maximum atomic E-state index is 10.8. The third kappa shape index (κ3) is 3.73. The lowest BCUT2D eigenvalue weighted by molar-refractivity contribution is 0.0697. The molecule has 0 bridgehead atoms. The lowest BCUT2D eigenvalue weighted by atomic mass is 10.1. The minimum atomic E-state index is -0.890. The van der Waals surface area contributed by atoms with Gasteiger partial charge in [0.15, 0.2) is 0 Å². The van der Waals surface area contributed by atoms with Gasteiger partial charge in [-0.2, -0.15) is 11.8 Å². The smallest absolute Gasteiger partial charge is 0.335 e. The maximum absolute atomic E-state index is 10.8. The molecule has 0 spiro atoms. The predicted molar refractivity (Wildman–Crippen MR) is 76.2 cm³/mol. The maximum Gasteiger partial charge on any atom is 0.335 e. The highest BCUT2D eigenvalue weighted by Gasteiger charge is 2.15. The first kappa shape index (κ1) is 13.9. The van der Waals surface area contributed by atoms with Gasteiger partial charge in [0.25, 0.3) is 0 Å². The summed E-state index contributed by atoms with van der Waals surface area (Å²) in [7, 11) is 0. The van der Waals surface area contributed by atoms with Crippen LogP contribution in [0.1, 0.15) is 28.8 Å². The lowest BCUT2D eigenvalue weighted by Crippen LogP contribution is -2.17. The second-order valence-electron chi connectivity index (χ2n) is 4.23. The molecular weight excluding hydrogens is 316 g/mol. The Morgan fingerprint density at radius 1 is 1.44 bits per heavy atom. The van der Waals surface area contributed by atoms with Crippen LogP contribution in [-0.2, 0) is 10.5 Å². The Kier molecular flexibility index (Phi) is 5.09. The second-order valence-corrected chi connectivity index (χ2v) is 6.38. The van der Waals surface area contributed by atoms with Gasteiger partial charge < -0.3 is 9.84 Å². The summed E-state index contributed by atoms with van der Waals surface area (Å²) in [6.07, 6.45) is 2.21. The molecule has 5 heteroatoms. The number of carboxylic acids is 1. The Bertz CT molecular complexity index is 430. The largest absolute Gasteiger partial charge is 0.478 e. The van der Waals surface area contributed by atoms with E-state index in [0.717, 1.165) is 41.8 Å². The number of thioether (sulfide) groups is 1. The average Bonchev–Trinajstić information content (AvgIpc) is 2.38. The molecular formula is C13H15BrO3S. The Morgan fingerprint density at radius 3 is 2.78 bits per heavy atom. The SMILES string of the molecule is O=C(O)c1ccc(CSC2CCOCC2)c(Br)c1. The van der Waals surface area contributed by atoms with Crippen LogP contribution < -0.4 is 0 Å². The third-order valence-corrected chi connectivity index (χ3v) is 5.10. The van der Waals surface area contributed by atoms with Crippen LogP contribution >= 0.6 is 27.7 Å². The van der Waals surface area contributed by atoms with Crippen molar-refractivity contribution in [2.45, 2.75) is 23.8 Å². The van der Waals surface area contributed by atoms with E-state index in [1.807, 2.05) is 17.8 Å². The van der Waals surface area contributed by atoms with E-state index in [-0.39, 0.29) is 0 Å². The van der Waals surface area contributed by atoms with Crippen LogP contribution in [0, 0.1) is 0 Å². The summed E-state index contributed by atoms with van der Waals surface area (Å²) in [6, 6.07) is 5.22. The van der Waals surface area contributed by atoms with Gasteiger partial charge in [-0.15, -0.1) is 0 Å². The van der Waals surface area contributed by atoms with Crippen molar-refractivity contribution in [1.29, 1.82) is 0 Å². The Hall–Kier alpha value is -0.520. The molecule has 18 heavy (non-hydrogen) atoms. The summed E-state index contributed by atoms with van der Waals surface area (Å²) in [5.41, 5.74) is 1.47. The number of aromatic carboxylic acids is 1. The molecule has 1 fully saturated rings. The van der Waals surface area contributed by atoms with Crippen molar-refractivity contribution in [3.05, 3.63) is 33.8 Å². The molecule has 1 aromatic carbocycles. The number of ether oxygens (including phenoxy) is 1. The van der Waals surface area contributed by atoms with Crippen LogP contribution in [0.25, 0.3) is 0 Å². The van der Waals surface area contributed by atoms with Gasteiger partial charge in [0.1, 0.15) is 0 Å². The molecule has 1 aliphatic heterocycles. The minimum Gasteiger partial charge on any atom is -0.478 e. The van der Waals surface area contributed by atoms with Crippen molar-refractivity contribution in [3.8, 4) is 0 Å². The fourth-order valence-corrected chi connectivity index (χ4v) is 3.74. The first-order valence-corrected chi connectivity index (χ1v) is 7.72. The first-order chi connectivity index (χ1) is 8.66. The normalized spacial score (nSPS) is 16.7. The van der Waals surface area contributed by atoms with Crippen LogP contribution in [-0.4, -0.2) is 29.5 Å². The molecule has 1 aromatic rings. The molecule has 0 aromatic heterocycles. The van der Waals surface area contributed by atoms with Crippen molar-refractivity contribution in [1.82, 2.24) is 0 Å². The van der Waals surface area contributed by atoms with E-state index >= 15 is 0 Å². The van der Waals surface area contributed by atoms with Gasteiger partial charge in [-0.1, -0.05) is 22.0 Å². The average molecular weight is 331 g/mol. The fraction of sp³-hybridized carbons (Fsp3) is 0.462. The van der Waals surface area contributed by atoms with Gasteiger partial charge in [0.2, 0.25) is 0 Å². The van der Waals surface area contributed by atoms with Crippen LogP contribution in [0.15, 0.2) is 22.7 Å². The molecule has 2 rings (SSSR count). The van der Waals surface area contributed by atoms with Crippen molar-refractivity contribution < 1.29 is 14.6 Å². The quantitative estimate of drug-likeness (QED) is 0.916. The van der Waals surface area contributed by atoms with Crippen molar-refractivity contribution >= 4 is 33.7 Å². The number of carboxylic acid groups (broad SMARTS) is 1. The standard InChI is InChI=1S/C13H15BrO3S/c14-12-7-9(13(15)16)1-2-10(12)8-18-11-3-5-17-6-4-11/h1-2,7,11H,3-6,8H2,(H,15,16). The van der Waals surface area contributed by atoms with Crippen LogP contribution in [0.4, 0.5) is 0 Å². The summed E-state index contributed by atoms with van der Waals surface area (Å²) in [4.78, 5) is 10.8. The highest BCUT2D eigenvalue weighted by Crippen LogP contribution is 2.29. The van der Waals surface area contributed by atoms with E-state index < -0.39 is 5.97 Å². The van der Waals surface area contributed by atoms with E-state index in [9.17, 15) is 4.79 Å². The summed E-state index contributed by atoms with van der Waals surface area (Å²) in [5, 5.41) is 9.55. The molecule has 1 saturated heterocycles. The summed E-state index contributed by atoms with van der Waals surface area (Å²) < 4.78 is 6.21. The van der Waals surface area contributed by atoms with Crippen molar-refractivity contribution in [2.75, 3.05) is 13.2 Å². The van der Waals surface area contributed by atoms with Crippen LogP contribution in [0.3, 0.4) is 0 Å².